The van der Waals surface area contributed by atoms with Crippen LogP contribution in [-0.2, 0) is 6.18 Å². The normalized spacial score (nSPS) is 12.5. The second-order valence-electron chi connectivity index (χ2n) is 4.42. The lowest BCUT2D eigenvalue weighted by Crippen LogP contribution is -2.13. The van der Waals surface area contributed by atoms with Gasteiger partial charge in [-0.25, -0.2) is 0 Å². The van der Waals surface area contributed by atoms with Crippen LogP contribution in [0.2, 0.25) is 0 Å². The second-order valence-corrected chi connectivity index (χ2v) is 4.42. The molecule has 0 aliphatic rings. The quantitative estimate of drug-likeness (QED) is 0.795. The molecule has 0 aromatic heterocycles. The average molecular weight is 289 g/mol. The Bertz CT molecular complexity index is 687. The number of hydrogen-bond donors (Lipinski definition) is 0. The first-order valence-electron chi connectivity index (χ1n) is 6.09. The molecule has 0 N–H and O–H groups in total. The molecule has 1 atom stereocenters. The molecule has 0 saturated carbocycles. The van der Waals surface area contributed by atoms with Crippen LogP contribution in [0.1, 0.15) is 27.4 Å². The van der Waals surface area contributed by atoms with E-state index in [1.807, 2.05) is 0 Å². The first-order valence-corrected chi connectivity index (χ1v) is 6.09. The molecular formula is C16H10F3NO. The second kappa shape index (κ2) is 5.80. The van der Waals surface area contributed by atoms with Crippen molar-refractivity contribution in [3.8, 4) is 6.07 Å². The van der Waals surface area contributed by atoms with Crippen molar-refractivity contribution in [1.29, 1.82) is 5.26 Å². The van der Waals surface area contributed by atoms with E-state index >= 15 is 0 Å². The van der Waals surface area contributed by atoms with Crippen LogP contribution in [0.3, 0.4) is 0 Å². The molecule has 1 unspecified atom stereocenters. The standard InChI is InChI=1S/C16H10F3NO/c17-16(18,19)13-8-4-7-12(9-13)14(10-20)15(21)11-5-2-1-3-6-11/h1-9,14H. The summed E-state index contributed by atoms with van der Waals surface area (Å²) in [6.45, 7) is 0. The minimum absolute atomic E-state index is 0.0428. The van der Waals surface area contributed by atoms with Gasteiger partial charge in [0.05, 0.1) is 11.6 Å². The third kappa shape index (κ3) is 3.29. The topological polar surface area (TPSA) is 40.9 Å². The van der Waals surface area contributed by atoms with E-state index in [0.717, 1.165) is 12.1 Å². The zero-order valence-electron chi connectivity index (χ0n) is 10.8. The summed E-state index contributed by atoms with van der Waals surface area (Å²) in [6, 6.07) is 14.1. The van der Waals surface area contributed by atoms with Crippen molar-refractivity contribution >= 4 is 5.78 Å². The number of carbonyl (C=O) groups is 1. The molecule has 0 radical (unpaired) electrons. The Balaban J connectivity index is 2.39. The molecule has 5 heteroatoms. The van der Waals surface area contributed by atoms with Gasteiger partial charge in [0.2, 0.25) is 0 Å². The van der Waals surface area contributed by atoms with Gasteiger partial charge in [0.15, 0.2) is 5.78 Å². The molecule has 0 aliphatic carbocycles. The predicted octanol–water partition coefficient (Wildman–Crippen LogP) is 4.20. The fraction of sp³-hybridized carbons (Fsp3) is 0.125. The maximum Gasteiger partial charge on any atom is 0.416 e. The molecule has 0 spiro atoms. The minimum Gasteiger partial charge on any atom is -0.292 e. The lowest BCUT2D eigenvalue weighted by Gasteiger charge is -2.12. The highest BCUT2D eigenvalue weighted by atomic mass is 19.4. The Morgan fingerprint density at radius 2 is 1.71 bits per heavy atom. The fourth-order valence-corrected chi connectivity index (χ4v) is 1.95. The van der Waals surface area contributed by atoms with E-state index in [2.05, 4.69) is 0 Å². The molecule has 0 fully saturated rings. The molecule has 0 bridgehead atoms. The number of carbonyl (C=O) groups excluding carboxylic acids is 1. The van der Waals surface area contributed by atoms with Gasteiger partial charge in [-0.15, -0.1) is 0 Å². The number of halogens is 3. The third-order valence-corrected chi connectivity index (χ3v) is 3.00. The highest BCUT2D eigenvalue weighted by Crippen LogP contribution is 2.31. The number of ketones is 1. The molecule has 0 amide bonds. The molecule has 0 saturated heterocycles. The molecule has 21 heavy (non-hydrogen) atoms. The van der Waals surface area contributed by atoms with Crippen molar-refractivity contribution in [2.45, 2.75) is 12.1 Å². The molecule has 0 aliphatic heterocycles. The smallest absolute Gasteiger partial charge is 0.292 e. The van der Waals surface area contributed by atoms with Gasteiger partial charge in [0.1, 0.15) is 5.92 Å². The maximum absolute atomic E-state index is 12.7. The summed E-state index contributed by atoms with van der Waals surface area (Å²) in [5, 5.41) is 9.15. The molecule has 2 aromatic carbocycles. The zero-order chi connectivity index (χ0) is 15.5. The van der Waals surface area contributed by atoms with Crippen LogP contribution in [0.4, 0.5) is 13.2 Å². The number of benzene rings is 2. The highest BCUT2D eigenvalue weighted by Gasteiger charge is 2.32. The van der Waals surface area contributed by atoms with Gasteiger partial charge in [0, 0.05) is 5.56 Å². The van der Waals surface area contributed by atoms with Crippen molar-refractivity contribution in [3.63, 3.8) is 0 Å². The first-order chi connectivity index (χ1) is 9.93. The summed E-state index contributed by atoms with van der Waals surface area (Å²) in [5.41, 5.74) is -0.538. The van der Waals surface area contributed by atoms with Gasteiger partial charge in [0.25, 0.3) is 0 Å². The van der Waals surface area contributed by atoms with E-state index < -0.39 is 23.4 Å². The number of rotatable bonds is 3. The van der Waals surface area contributed by atoms with Gasteiger partial charge in [-0.05, 0) is 11.6 Å². The number of hydrogen-bond acceptors (Lipinski definition) is 2. The summed E-state index contributed by atoms with van der Waals surface area (Å²) in [4.78, 5) is 12.2. The van der Waals surface area contributed by atoms with Crippen LogP contribution in [-0.4, -0.2) is 5.78 Å². The molecule has 2 nitrogen and oxygen atoms in total. The van der Waals surface area contributed by atoms with Gasteiger partial charge >= 0.3 is 6.18 Å². The first kappa shape index (κ1) is 14.8. The Morgan fingerprint density at radius 3 is 2.29 bits per heavy atom. The van der Waals surface area contributed by atoms with Crippen molar-refractivity contribution < 1.29 is 18.0 Å². The van der Waals surface area contributed by atoms with Crippen molar-refractivity contribution in [3.05, 3.63) is 71.3 Å². The van der Waals surface area contributed by atoms with Crippen LogP contribution < -0.4 is 0 Å². The van der Waals surface area contributed by atoms with Crippen LogP contribution in [0.5, 0.6) is 0 Å². The van der Waals surface area contributed by atoms with Crippen molar-refractivity contribution in [1.82, 2.24) is 0 Å². The number of alkyl halides is 3. The summed E-state index contributed by atoms with van der Waals surface area (Å²) in [5.74, 6) is -1.77. The van der Waals surface area contributed by atoms with Crippen LogP contribution >= 0.6 is 0 Å². The Hall–Kier alpha value is -2.61. The average Bonchev–Trinajstić information content (AvgIpc) is 2.48. The largest absolute Gasteiger partial charge is 0.416 e. The van der Waals surface area contributed by atoms with Gasteiger partial charge in [-0.1, -0.05) is 48.5 Å². The summed E-state index contributed by atoms with van der Waals surface area (Å²) in [7, 11) is 0. The molecule has 0 heterocycles. The van der Waals surface area contributed by atoms with Crippen molar-refractivity contribution in [2.75, 3.05) is 0 Å². The number of nitriles is 1. The monoisotopic (exact) mass is 289 g/mol. The molecule has 2 aromatic rings. The highest BCUT2D eigenvalue weighted by molar-refractivity contribution is 6.02. The lowest BCUT2D eigenvalue weighted by atomic mass is 9.91. The van der Waals surface area contributed by atoms with Crippen LogP contribution in [0, 0.1) is 11.3 Å². The zero-order valence-corrected chi connectivity index (χ0v) is 10.8. The van der Waals surface area contributed by atoms with E-state index in [-0.39, 0.29) is 5.56 Å². The number of nitrogens with zero attached hydrogens (tertiary/aromatic N) is 1. The Labute approximate surface area is 119 Å². The summed E-state index contributed by atoms with van der Waals surface area (Å²) < 4.78 is 38.1. The van der Waals surface area contributed by atoms with E-state index in [4.69, 9.17) is 5.26 Å². The molecular weight excluding hydrogens is 279 g/mol. The minimum atomic E-state index is -4.51. The fourth-order valence-electron chi connectivity index (χ4n) is 1.95. The van der Waals surface area contributed by atoms with E-state index in [1.54, 1.807) is 24.3 Å². The molecule has 106 valence electrons. The van der Waals surface area contributed by atoms with Crippen LogP contribution in [0.15, 0.2) is 54.6 Å². The Morgan fingerprint density at radius 1 is 1.05 bits per heavy atom. The van der Waals surface area contributed by atoms with E-state index in [0.29, 0.717) is 5.56 Å². The Kier molecular flexibility index (Phi) is 4.08. The van der Waals surface area contributed by atoms with Gasteiger partial charge in [-0.3, -0.25) is 4.79 Å². The summed E-state index contributed by atoms with van der Waals surface area (Å²) in [6.07, 6.45) is -4.51. The maximum atomic E-state index is 12.7. The van der Waals surface area contributed by atoms with Gasteiger partial charge in [-0.2, -0.15) is 18.4 Å². The molecule has 2 rings (SSSR count). The van der Waals surface area contributed by atoms with E-state index in [9.17, 15) is 18.0 Å². The van der Waals surface area contributed by atoms with E-state index in [1.165, 1.54) is 24.3 Å². The van der Waals surface area contributed by atoms with Gasteiger partial charge < -0.3 is 0 Å². The SMILES string of the molecule is N#CC(C(=O)c1ccccc1)c1cccc(C(F)(F)F)c1. The predicted molar refractivity (Wildman–Crippen MR) is 70.6 cm³/mol. The van der Waals surface area contributed by atoms with Crippen molar-refractivity contribution in [2.24, 2.45) is 0 Å². The lowest BCUT2D eigenvalue weighted by molar-refractivity contribution is -0.137. The third-order valence-electron chi connectivity index (χ3n) is 3.00. The van der Waals surface area contributed by atoms with Crippen LogP contribution in [0.25, 0.3) is 0 Å². The summed E-state index contributed by atoms with van der Waals surface area (Å²) >= 11 is 0. The number of Topliss-reactive ketones (excluding diaryl/α,β-unsaturated/α-hetero) is 1.